The Balaban J connectivity index is 1.74. The number of halogens is 2. The summed E-state index contributed by atoms with van der Waals surface area (Å²) in [6.07, 6.45) is 2.56. The molecule has 116 valence electrons. The number of epoxide rings is 1. The minimum atomic E-state index is -0.774. The maximum absolute atomic E-state index is 14.1. The van der Waals surface area contributed by atoms with Gasteiger partial charge >= 0.3 is 0 Å². The fourth-order valence-corrected chi connectivity index (χ4v) is 2.90. The van der Waals surface area contributed by atoms with Crippen LogP contribution in [0.25, 0.3) is 0 Å². The third-order valence-electron chi connectivity index (χ3n) is 4.08. The van der Waals surface area contributed by atoms with E-state index >= 15 is 0 Å². The van der Waals surface area contributed by atoms with Crippen molar-refractivity contribution in [2.75, 3.05) is 0 Å². The Morgan fingerprint density at radius 2 is 1.87 bits per heavy atom. The molecule has 0 bridgehead atoms. The molecule has 0 radical (unpaired) electrons. The highest BCUT2D eigenvalue weighted by Gasteiger charge is 2.59. The van der Waals surface area contributed by atoms with Gasteiger partial charge in [0.25, 0.3) is 0 Å². The summed E-state index contributed by atoms with van der Waals surface area (Å²) >= 11 is 0. The summed E-state index contributed by atoms with van der Waals surface area (Å²) in [6.45, 7) is 0.373. The average molecular weight is 313 g/mol. The van der Waals surface area contributed by atoms with E-state index in [2.05, 4.69) is 10.1 Å². The second kappa shape index (κ2) is 5.24. The lowest BCUT2D eigenvalue weighted by atomic mass is 9.91. The van der Waals surface area contributed by atoms with Crippen molar-refractivity contribution >= 4 is 0 Å². The molecule has 0 N–H and O–H groups in total. The van der Waals surface area contributed by atoms with Crippen LogP contribution in [0.3, 0.4) is 0 Å². The molecule has 0 spiro atoms. The Morgan fingerprint density at radius 3 is 2.57 bits per heavy atom. The minimum Gasteiger partial charge on any atom is -0.354 e. The summed E-state index contributed by atoms with van der Waals surface area (Å²) in [5.41, 5.74) is 0.489. The number of hydrogen-bond donors (Lipinski definition) is 0. The monoisotopic (exact) mass is 313 g/mol. The van der Waals surface area contributed by atoms with Crippen molar-refractivity contribution in [1.29, 1.82) is 0 Å². The molecular formula is C17H13F2N3O. The highest BCUT2D eigenvalue weighted by atomic mass is 19.1. The van der Waals surface area contributed by atoms with Crippen LogP contribution in [-0.4, -0.2) is 14.8 Å². The third kappa shape index (κ3) is 2.41. The molecule has 3 aromatic rings. The summed E-state index contributed by atoms with van der Waals surface area (Å²) < 4.78 is 34.9. The molecule has 1 aliphatic rings. The van der Waals surface area contributed by atoms with E-state index in [-0.39, 0.29) is 11.6 Å². The van der Waals surface area contributed by atoms with Gasteiger partial charge in [0.15, 0.2) is 0 Å². The van der Waals surface area contributed by atoms with Crippen molar-refractivity contribution < 1.29 is 13.5 Å². The van der Waals surface area contributed by atoms with Gasteiger partial charge in [-0.3, -0.25) is 0 Å². The lowest BCUT2D eigenvalue weighted by Crippen LogP contribution is -2.19. The quantitative estimate of drug-likeness (QED) is 0.695. The largest absolute Gasteiger partial charge is 0.354 e. The topological polar surface area (TPSA) is 43.2 Å². The molecule has 4 nitrogen and oxygen atoms in total. The van der Waals surface area contributed by atoms with Crippen LogP contribution in [-0.2, 0) is 16.9 Å². The SMILES string of the molecule is Fc1ccc(C2(Cn3cncn3)OC2c2ccccc2F)cc1. The van der Waals surface area contributed by atoms with Crippen molar-refractivity contribution in [1.82, 2.24) is 14.8 Å². The number of ether oxygens (including phenoxy) is 1. The molecule has 2 unspecified atom stereocenters. The normalized spacial score (nSPS) is 23.0. The molecule has 6 heteroatoms. The van der Waals surface area contributed by atoms with Gasteiger partial charge in [0.05, 0.1) is 6.54 Å². The van der Waals surface area contributed by atoms with Gasteiger partial charge in [-0.2, -0.15) is 5.10 Å². The van der Waals surface area contributed by atoms with Crippen LogP contribution < -0.4 is 0 Å². The molecule has 0 saturated carbocycles. The highest BCUT2D eigenvalue weighted by molar-refractivity contribution is 5.36. The van der Waals surface area contributed by atoms with Crippen molar-refractivity contribution in [2.45, 2.75) is 18.2 Å². The lowest BCUT2D eigenvalue weighted by molar-refractivity contribution is 0.262. The fourth-order valence-electron chi connectivity index (χ4n) is 2.90. The van der Waals surface area contributed by atoms with Crippen LogP contribution in [0.2, 0.25) is 0 Å². The van der Waals surface area contributed by atoms with E-state index in [0.717, 1.165) is 5.56 Å². The predicted molar refractivity (Wildman–Crippen MR) is 78.3 cm³/mol. The second-order valence-corrected chi connectivity index (χ2v) is 5.51. The smallest absolute Gasteiger partial charge is 0.144 e. The summed E-state index contributed by atoms with van der Waals surface area (Å²) in [7, 11) is 0. The van der Waals surface area contributed by atoms with E-state index in [0.29, 0.717) is 12.1 Å². The van der Waals surface area contributed by atoms with E-state index in [9.17, 15) is 8.78 Å². The maximum atomic E-state index is 14.1. The van der Waals surface area contributed by atoms with Gasteiger partial charge in [-0.05, 0) is 23.8 Å². The van der Waals surface area contributed by atoms with Crippen molar-refractivity contribution in [2.24, 2.45) is 0 Å². The molecular weight excluding hydrogens is 300 g/mol. The highest BCUT2D eigenvalue weighted by Crippen LogP contribution is 2.58. The van der Waals surface area contributed by atoms with E-state index in [4.69, 9.17) is 4.74 Å². The van der Waals surface area contributed by atoms with E-state index in [1.807, 2.05) is 0 Å². The van der Waals surface area contributed by atoms with E-state index < -0.39 is 11.7 Å². The lowest BCUT2D eigenvalue weighted by Gasteiger charge is -2.14. The van der Waals surface area contributed by atoms with Crippen LogP contribution in [0.4, 0.5) is 8.78 Å². The van der Waals surface area contributed by atoms with Crippen LogP contribution >= 0.6 is 0 Å². The van der Waals surface area contributed by atoms with Crippen molar-refractivity contribution in [3.05, 3.63) is 83.9 Å². The number of rotatable bonds is 4. The van der Waals surface area contributed by atoms with Crippen LogP contribution in [0.1, 0.15) is 17.2 Å². The third-order valence-corrected chi connectivity index (χ3v) is 4.08. The molecule has 0 amide bonds. The molecule has 2 aromatic carbocycles. The predicted octanol–water partition coefficient (Wildman–Crippen LogP) is 3.22. The first-order valence-electron chi connectivity index (χ1n) is 7.20. The standard InChI is InChI=1S/C17H13F2N3O/c18-13-7-5-12(6-8-13)17(9-22-11-20-10-21-22)16(23-17)14-3-1-2-4-15(14)19/h1-8,10-11,16H,9H2. The van der Waals surface area contributed by atoms with Gasteiger partial charge in [0, 0.05) is 5.56 Å². The molecule has 1 aliphatic heterocycles. The first-order valence-corrected chi connectivity index (χ1v) is 7.20. The first-order chi connectivity index (χ1) is 11.2. The molecule has 1 fully saturated rings. The zero-order valence-corrected chi connectivity index (χ0v) is 12.1. The zero-order chi connectivity index (χ0) is 15.9. The number of aromatic nitrogens is 3. The summed E-state index contributed by atoms with van der Waals surface area (Å²) in [5.74, 6) is -0.646. The molecule has 0 aliphatic carbocycles. The van der Waals surface area contributed by atoms with Crippen LogP contribution in [0.5, 0.6) is 0 Å². The van der Waals surface area contributed by atoms with Crippen LogP contribution in [0, 0.1) is 11.6 Å². The molecule has 1 aromatic heterocycles. The number of nitrogens with zero attached hydrogens (tertiary/aromatic N) is 3. The van der Waals surface area contributed by atoms with Gasteiger partial charge in [-0.1, -0.05) is 30.3 Å². The van der Waals surface area contributed by atoms with Crippen LogP contribution in [0.15, 0.2) is 61.2 Å². The first kappa shape index (κ1) is 14.0. The van der Waals surface area contributed by atoms with Gasteiger partial charge in [-0.15, -0.1) is 0 Å². The van der Waals surface area contributed by atoms with Gasteiger partial charge in [-0.25, -0.2) is 18.4 Å². The molecule has 2 heterocycles. The van der Waals surface area contributed by atoms with Crippen molar-refractivity contribution in [3.8, 4) is 0 Å². The van der Waals surface area contributed by atoms with E-state index in [1.54, 1.807) is 41.3 Å². The Hall–Kier alpha value is -2.60. The maximum Gasteiger partial charge on any atom is 0.144 e. The Kier molecular flexibility index (Phi) is 3.20. The van der Waals surface area contributed by atoms with E-state index in [1.165, 1.54) is 24.5 Å². The number of benzene rings is 2. The average Bonchev–Trinajstić information content (AvgIpc) is 3.02. The molecule has 23 heavy (non-hydrogen) atoms. The Bertz CT molecular complexity index is 820. The summed E-state index contributed by atoms with van der Waals surface area (Å²) in [6, 6.07) is 12.6. The summed E-state index contributed by atoms with van der Waals surface area (Å²) in [5, 5.41) is 4.09. The fraction of sp³-hybridized carbons (Fsp3) is 0.176. The zero-order valence-electron chi connectivity index (χ0n) is 12.1. The molecule has 4 rings (SSSR count). The van der Waals surface area contributed by atoms with Gasteiger partial charge < -0.3 is 4.74 Å². The molecule has 1 saturated heterocycles. The minimum absolute atomic E-state index is 0.319. The Morgan fingerprint density at radius 1 is 1.09 bits per heavy atom. The second-order valence-electron chi connectivity index (χ2n) is 5.51. The number of hydrogen-bond acceptors (Lipinski definition) is 3. The van der Waals surface area contributed by atoms with Crippen molar-refractivity contribution in [3.63, 3.8) is 0 Å². The van der Waals surface area contributed by atoms with Gasteiger partial charge in [0.2, 0.25) is 0 Å². The molecule has 2 atom stereocenters. The van der Waals surface area contributed by atoms with Gasteiger partial charge in [0.1, 0.15) is 36.0 Å². The Labute approximate surface area is 131 Å². The summed E-state index contributed by atoms with van der Waals surface area (Å²) in [4.78, 5) is 3.92.